The second-order valence-corrected chi connectivity index (χ2v) is 6.83. The molecule has 28 heavy (non-hydrogen) atoms. The third-order valence-corrected chi connectivity index (χ3v) is 5.09. The highest BCUT2D eigenvalue weighted by Gasteiger charge is 2.42. The molecule has 2 fully saturated rings. The molecule has 3 atom stereocenters. The summed E-state index contributed by atoms with van der Waals surface area (Å²) in [6.45, 7) is 0.913. The van der Waals surface area contributed by atoms with Gasteiger partial charge in [-0.1, -0.05) is 0 Å². The summed E-state index contributed by atoms with van der Waals surface area (Å²) >= 11 is 0. The number of pyridine rings is 1. The van der Waals surface area contributed by atoms with Crippen LogP contribution in [0.3, 0.4) is 0 Å². The zero-order valence-electron chi connectivity index (χ0n) is 15.1. The Morgan fingerprint density at radius 2 is 2.11 bits per heavy atom. The topological polar surface area (TPSA) is 95.2 Å². The van der Waals surface area contributed by atoms with Gasteiger partial charge in [0.1, 0.15) is 12.2 Å². The van der Waals surface area contributed by atoms with Gasteiger partial charge in [-0.3, -0.25) is 14.6 Å². The molecule has 2 saturated heterocycles. The second-order valence-electron chi connectivity index (χ2n) is 6.83. The van der Waals surface area contributed by atoms with E-state index in [9.17, 15) is 9.18 Å². The lowest BCUT2D eigenvalue weighted by Gasteiger charge is -2.36. The maximum Gasteiger partial charge on any atom is 0.252 e. The summed E-state index contributed by atoms with van der Waals surface area (Å²) in [5.41, 5.74) is 1.13. The van der Waals surface area contributed by atoms with E-state index in [2.05, 4.69) is 15.0 Å². The third kappa shape index (κ3) is 3.51. The van der Waals surface area contributed by atoms with Crippen molar-refractivity contribution in [2.45, 2.75) is 25.1 Å². The molecule has 0 aliphatic carbocycles. The molecule has 2 aliphatic heterocycles. The number of piperidine rings is 1. The van der Waals surface area contributed by atoms with E-state index in [1.807, 2.05) is 6.07 Å². The minimum atomic E-state index is -1.35. The van der Waals surface area contributed by atoms with Crippen LogP contribution in [0.4, 0.5) is 10.3 Å². The number of alkyl halides is 1. The van der Waals surface area contributed by atoms with Gasteiger partial charge in [0.05, 0.1) is 30.7 Å². The summed E-state index contributed by atoms with van der Waals surface area (Å²) in [6, 6.07) is 5.07. The van der Waals surface area contributed by atoms with E-state index in [0.29, 0.717) is 37.5 Å². The number of anilines is 1. The van der Waals surface area contributed by atoms with Gasteiger partial charge in [0, 0.05) is 37.8 Å². The highest BCUT2D eigenvalue weighted by Crippen LogP contribution is 2.34. The Morgan fingerprint density at radius 3 is 2.86 bits per heavy atom. The number of aromatic nitrogens is 3. The molecule has 0 aromatic carbocycles. The number of hydroxylamine groups is 2. The summed E-state index contributed by atoms with van der Waals surface area (Å²) in [7, 11) is 0. The Labute approximate surface area is 161 Å². The first-order valence-corrected chi connectivity index (χ1v) is 9.14. The predicted octanol–water partition coefficient (Wildman–Crippen LogP) is 1.81. The molecule has 1 amide bonds. The SMILES string of the molecule is N#Cc1cncc([C@@H]2CCON2C(=O)[C@H]2CCN(c3ncccn3)C[C@@H]2F)c1. The minimum Gasteiger partial charge on any atom is -0.338 e. The smallest absolute Gasteiger partial charge is 0.252 e. The van der Waals surface area contributed by atoms with Gasteiger partial charge in [-0.2, -0.15) is 5.26 Å². The maximum absolute atomic E-state index is 14.9. The molecule has 9 heteroatoms. The average Bonchev–Trinajstić information content (AvgIpc) is 3.24. The van der Waals surface area contributed by atoms with E-state index < -0.39 is 12.1 Å². The van der Waals surface area contributed by atoms with Crippen LogP contribution in [0.2, 0.25) is 0 Å². The van der Waals surface area contributed by atoms with Crippen molar-refractivity contribution < 1.29 is 14.0 Å². The monoisotopic (exact) mass is 382 g/mol. The standard InChI is InChI=1S/C19H19FN6O2/c20-16-12-25(19-23-4-1-5-24-19)6-2-15(16)18(27)26-17(3-7-28-26)14-8-13(9-21)10-22-11-14/h1,4-5,8,10-11,15-17H,2-3,6-7,12H2/t15-,16-,17-/m0/s1. The van der Waals surface area contributed by atoms with Gasteiger partial charge in [-0.25, -0.2) is 19.4 Å². The Bertz CT molecular complexity index is 889. The van der Waals surface area contributed by atoms with Crippen molar-refractivity contribution >= 4 is 11.9 Å². The van der Waals surface area contributed by atoms with Crippen molar-refractivity contribution in [3.05, 3.63) is 48.0 Å². The number of carbonyl (C=O) groups is 1. The van der Waals surface area contributed by atoms with E-state index in [0.717, 1.165) is 5.56 Å². The van der Waals surface area contributed by atoms with E-state index in [1.54, 1.807) is 35.6 Å². The molecule has 0 radical (unpaired) electrons. The molecule has 0 unspecified atom stereocenters. The zero-order chi connectivity index (χ0) is 19.5. The van der Waals surface area contributed by atoms with Crippen molar-refractivity contribution in [3.8, 4) is 6.07 Å². The van der Waals surface area contributed by atoms with Crippen LogP contribution in [0, 0.1) is 17.2 Å². The lowest BCUT2D eigenvalue weighted by molar-refractivity contribution is -0.184. The van der Waals surface area contributed by atoms with Crippen LogP contribution in [0.15, 0.2) is 36.9 Å². The molecule has 2 aromatic heterocycles. The molecule has 2 aliphatic rings. The van der Waals surface area contributed by atoms with Crippen LogP contribution in [0.25, 0.3) is 0 Å². The first-order valence-electron chi connectivity index (χ1n) is 9.14. The van der Waals surface area contributed by atoms with Gasteiger partial charge in [0.25, 0.3) is 5.91 Å². The van der Waals surface area contributed by atoms with Crippen LogP contribution in [-0.4, -0.2) is 51.8 Å². The fraction of sp³-hybridized carbons (Fsp3) is 0.421. The molecule has 0 spiro atoms. The minimum absolute atomic E-state index is 0.0599. The number of amides is 1. The Morgan fingerprint density at radius 1 is 1.29 bits per heavy atom. The van der Waals surface area contributed by atoms with Gasteiger partial charge < -0.3 is 4.90 Å². The number of carbonyl (C=O) groups excluding carboxylic acids is 1. The van der Waals surface area contributed by atoms with Crippen molar-refractivity contribution in [3.63, 3.8) is 0 Å². The molecule has 0 saturated carbocycles. The number of hydrogen-bond acceptors (Lipinski definition) is 7. The maximum atomic E-state index is 14.9. The van der Waals surface area contributed by atoms with Crippen molar-refractivity contribution in [2.24, 2.45) is 5.92 Å². The Kier molecular flexibility index (Phi) is 5.12. The Hall–Kier alpha value is -3.12. The predicted molar refractivity (Wildman–Crippen MR) is 96.4 cm³/mol. The molecule has 4 rings (SSSR count). The van der Waals surface area contributed by atoms with Gasteiger partial charge in [-0.15, -0.1) is 0 Å². The number of nitriles is 1. The number of nitrogens with zero attached hydrogens (tertiary/aromatic N) is 6. The van der Waals surface area contributed by atoms with E-state index >= 15 is 0 Å². The number of halogens is 1. The first-order chi connectivity index (χ1) is 13.7. The molecular formula is C19H19FN6O2. The Balaban J connectivity index is 1.47. The van der Waals surface area contributed by atoms with Gasteiger partial charge in [0.15, 0.2) is 0 Å². The average molecular weight is 382 g/mol. The van der Waals surface area contributed by atoms with Crippen LogP contribution in [0.5, 0.6) is 0 Å². The highest BCUT2D eigenvalue weighted by molar-refractivity contribution is 5.79. The zero-order valence-corrected chi connectivity index (χ0v) is 15.1. The summed E-state index contributed by atoms with van der Waals surface area (Å²) in [5.74, 6) is -0.690. The van der Waals surface area contributed by atoms with Crippen molar-refractivity contribution in [1.82, 2.24) is 20.0 Å². The fourth-order valence-electron chi connectivity index (χ4n) is 3.67. The summed E-state index contributed by atoms with van der Waals surface area (Å²) in [6.07, 6.45) is 5.88. The molecule has 0 bridgehead atoms. The van der Waals surface area contributed by atoms with Gasteiger partial charge >= 0.3 is 0 Å². The lowest BCUT2D eigenvalue weighted by atomic mass is 9.93. The van der Waals surface area contributed by atoms with Crippen LogP contribution < -0.4 is 4.90 Å². The summed E-state index contributed by atoms with van der Waals surface area (Å²) < 4.78 is 14.9. The van der Waals surface area contributed by atoms with Crippen molar-refractivity contribution in [1.29, 1.82) is 5.26 Å². The molecule has 144 valence electrons. The van der Waals surface area contributed by atoms with E-state index in [1.165, 1.54) is 11.3 Å². The second kappa shape index (κ2) is 7.86. The quantitative estimate of drug-likeness (QED) is 0.799. The van der Waals surface area contributed by atoms with Gasteiger partial charge in [-0.05, 0) is 24.1 Å². The summed E-state index contributed by atoms with van der Waals surface area (Å²) in [4.78, 5) is 32.6. The van der Waals surface area contributed by atoms with Crippen LogP contribution in [0.1, 0.15) is 30.0 Å². The normalized spacial score (nSPS) is 24.8. The fourth-order valence-corrected chi connectivity index (χ4v) is 3.67. The molecule has 2 aromatic rings. The van der Waals surface area contributed by atoms with Gasteiger partial charge in [0.2, 0.25) is 5.95 Å². The molecular weight excluding hydrogens is 363 g/mol. The number of hydrogen-bond donors (Lipinski definition) is 0. The number of rotatable bonds is 3. The largest absolute Gasteiger partial charge is 0.338 e. The van der Waals surface area contributed by atoms with Crippen molar-refractivity contribution in [2.75, 3.05) is 24.6 Å². The molecule has 0 N–H and O–H groups in total. The lowest BCUT2D eigenvalue weighted by Crippen LogP contribution is -2.49. The molecule has 4 heterocycles. The van der Waals surface area contributed by atoms with Crippen LogP contribution >= 0.6 is 0 Å². The molecule has 8 nitrogen and oxygen atoms in total. The highest BCUT2D eigenvalue weighted by atomic mass is 19.1. The summed E-state index contributed by atoms with van der Waals surface area (Å²) in [5, 5.41) is 10.3. The van der Waals surface area contributed by atoms with Crippen LogP contribution in [-0.2, 0) is 9.63 Å². The first kappa shape index (κ1) is 18.3. The van der Waals surface area contributed by atoms with E-state index in [4.69, 9.17) is 10.1 Å². The van der Waals surface area contributed by atoms with E-state index in [-0.39, 0.29) is 18.5 Å². The third-order valence-electron chi connectivity index (χ3n) is 5.09.